The van der Waals surface area contributed by atoms with Gasteiger partial charge in [-0.25, -0.2) is 9.18 Å². The minimum Gasteiger partial charge on any atom is -0.486 e. The first kappa shape index (κ1) is 16.6. The van der Waals surface area contributed by atoms with Crippen LogP contribution in [0.5, 0.6) is 11.5 Å². The average molecular weight is 370 g/mol. The number of rotatable bonds is 4. The molecule has 0 saturated carbocycles. The highest BCUT2D eigenvalue weighted by Crippen LogP contribution is 2.37. The second-order valence-corrected chi connectivity index (χ2v) is 6.81. The zero-order valence-corrected chi connectivity index (χ0v) is 14.6. The smallest absolute Gasteiger partial charge is 0.348 e. The molecule has 1 aliphatic heterocycles. The van der Waals surface area contributed by atoms with Gasteiger partial charge in [-0.1, -0.05) is 12.1 Å². The third-order valence-corrected chi connectivity index (χ3v) is 5.01. The number of ether oxygens (including phenoxy) is 3. The predicted molar refractivity (Wildman–Crippen MR) is 96.3 cm³/mol. The van der Waals surface area contributed by atoms with Gasteiger partial charge in [0.25, 0.3) is 0 Å². The van der Waals surface area contributed by atoms with Gasteiger partial charge in [-0.2, -0.15) is 0 Å². The van der Waals surface area contributed by atoms with Crippen molar-refractivity contribution in [3.8, 4) is 21.9 Å². The van der Waals surface area contributed by atoms with Gasteiger partial charge in [-0.15, -0.1) is 11.3 Å². The molecule has 2 aromatic carbocycles. The van der Waals surface area contributed by atoms with E-state index in [1.54, 1.807) is 18.2 Å². The fourth-order valence-corrected chi connectivity index (χ4v) is 3.54. The molecule has 4 nitrogen and oxygen atoms in total. The Morgan fingerprint density at radius 2 is 1.88 bits per heavy atom. The number of benzene rings is 2. The van der Waals surface area contributed by atoms with Crippen molar-refractivity contribution in [1.29, 1.82) is 0 Å². The summed E-state index contributed by atoms with van der Waals surface area (Å²) in [6, 6.07) is 15.3. The van der Waals surface area contributed by atoms with Crippen LogP contribution in [0.2, 0.25) is 0 Å². The Bertz CT molecular complexity index is 950. The predicted octanol–water partition coefficient (Wildman–Crippen LogP) is 4.68. The van der Waals surface area contributed by atoms with Crippen molar-refractivity contribution in [1.82, 2.24) is 0 Å². The van der Waals surface area contributed by atoms with Crippen LogP contribution in [-0.2, 0) is 11.3 Å². The summed E-state index contributed by atoms with van der Waals surface area (Å²) in [7, 11) is 0. The van der Waals surface area contributed by atoms with Gasteiger partial charge in [0.05, 0.1) is 0 Å². The normalized spacial score (nSPS) is 12.7. The fourth-order valence-electron chi connectivity index (χ4n) is 2.65. The van der Waals surface area contributed by atoms with E-state index in [0.29, 0.717) is 29.4 Å². The molecule has 4 rings (SSSR count). The number of halogens is 1. The molecule has 0 saturated heterocycles. The van der Waals surface area contributed by atoms with Gasteiger partial charge in [-0.3, -0.25) is 0 Å². The van der Waals surface area contributed by atoms with Gasteiger partial charge in [0.1, 0.15) is 30.5 Å². The molecule has 0 spiro atoms. The maximum absolute atomic E-state index is 13.2. The van der Waals surface area contributed by atoms with Gasteiger partial charge in [0.2, 0.25) is 0 Å². The first-order chi connectivity index (χ1) is 12.7. The zero-order valence-electron chi connectivity index (χ0n) is 13.7. The van der Waals surface area contributed by atoms with Crippen molar-refractivity contribution in [2.24, 2.45) is 0 Å². The maximum Gasteiger partial charge on any atom is 0.348 e. The van der Waals surface area contributed by atoms with Gasteiger partial charge < -0.3 is 14.2 Å². The van der Waals surface area contributed by atoms with E-state index in [2.05, 4.69) is 0 Å². The second kappa shape index (κ2) is 7.17. The van der Waals surface area contributed by atoms with E-state index in [4.69, 9.17) is 14.2 Å². The molecule has 0 fully saturated rings. The molecule has 26 heavy (non-hydrogen) atoms. The Hall–Kier alpha value is -2.86. The Balaban J connectivity index is 1.46. The molecule has 0 unspecified atom stereocenters. The maximum atomic E-state index is 13.2. The Kier molecular flexibility index (Phi) is 4.58. The molecular weight excluding hydrogens is 355 g/mol. The van der Waals surface area contributed by atoms with Gasteiger partial charge in [0, 0.05) is 4.88 Å². The summed E-state index contributed by atoms with van der Waals surface area (Å²) in [6.45, 7) is 1.11. The van der Waals surface area contributed by atoms with Gasteiger partial charge >= 0.3 is 5.97 Å². The molecule has 2 heterocycles. The Labute approximate surface area is 153 Å². The highest BCUT2D eigenvalue weighted by atomic mass is 32.1. The number of hydrogen-bond donors (Lipinski definition) is 0. The number of carbonyl (C=O) groups is 1. The van der Waals surface area contributed by atoms with Crippen LogP contribution in [-0.4, -0.2) is 19.2 Å². The largest absolute Gasteiger partial charge is 0.486 e. The van der Waals surface area contributed by atoms with Crippen LogP contribution in [0.3, 0.4) is 0 Å². The minimum absolute atomic E-state index is 0.0356. The topological polar surface area (TPSA) is 44.8 Å². The quantitative estimate of drug-likeness (QED) is 0.626. The lowest BCUT2D eigenvalue weighted by Gasteiger charge is -2.18. The van der Waals surface area contributed by atoms with E-state index >= 15 is 0 Å². The van der Waals surface area contributed by atoms with Crippen molar-refractivity contribution >= 4 is 17.3 Å². The number of fused-ring (bicyclic) bond motifs is 1. The molecule has 0 bridgehead atoms. The van der Waals surface area contributed by atoms with Crippen LogP contribution in [0.1, 0.15) is 15.2 Å². The van der Waals surface area contributed by atoms with Crippen molar-refractivity contribution in [2.75, 3.05) is 13.2 Å². The Morgan fingerprint density at radius 3 is 2.73 bits per heavy atom. The second-order valence-electron chi connectivity index (χ2n) is 5.73. The van der Waals surface area contributed by atoms with Crippen LogP contribution >= 0.6 is 11.3 Å². The summed E-state index contributed by atoms with van der Waals surface area (Å²) in [5, 5.41) is 0. The van der Waals surface area contributed by atoms with Gasteiger partial charge in [-0.05, 0) is 53.6 Å². The summed E-state index contributed by atoms with van der Waals surface area (Å²) < 4.78 is 29.5. The SMILES string of the molecule is O=C(OCc1cccc(F)c1)c1ccc(-c2ccc3c(c2)OCCO3)s1. The van der Waals surface area contributed by atoms with Crippen LogP contribution in [0.15, 0.2) is 54.6 Å². The van der Waals surface area contributed by atoms with Crippen LogP contribution in [0, 0.1) is 5.82 Å². The number of esters is 1. The van der Waals surface area contributed by atoms with E-state index in [0.717, 1.165) is 16.2 Å². The zero-order chi connectivity index (χ0) is 17.9. The van der Waals surface area contributed by atoms with Crippen molar-refractivity contribution in [3.05, 3.63) is 70.9 Å². The third-order valence-electron chi connectivity index (χ3n) is 3.89. The molecule has 0 atom stereocenters. The summed E-state index contributed by atoms with van der Waals surface area (Å²) in [5.41, 5.74) is 1.56. The molecule has 0 radical (unpaired) electrons. The molecule has 0 amide bonds. The molecule has 1 aromatic heterocycles. The van der Waals surface area contributed by atoms with Crippen LogP contribution in [0.4, 0.5) is 4.39 Å². The first-order valence-corrected chi connectivity index (χ1v) is 8.92. The number of thiophene rings is 1. The summed E-state index contributed by atoms with van der Waals surface area (Å²) in [4.78, 5) is 13.7. The monoisotopic (exact) mass is 370 g/mol. The lowest BCUT2D eigenvalue weighted by Crippen LogP contribution is -2.15. The summed E-state index contributed by atoms with van der Waals surface area (Å²) in [6.07, 6.45) is 0. The van der Waals surface area contributed by atoms with Crippen molar-refractivity contribution < 1.29 is 23.4 Å². The Morgan fingerprint density at radius 1 is 1.04 bits per heavy atom. The van der Waals surface area contributed by atoms with Crippen LogP contribution in [0.25, 0.3) is 10.4 Å². The molecular formula is C20H15FO4S. The van der Waals surface area contributed by atoms with E-state index in [1.165, 1.54) is 23.5 Å². The molecule has 132 valence electrons. The fraction of sp³-hybridized carbons (Fsp3) is 0.150. The summed E-state index contributed by atoms with van der Waals surface area (Å²) in [5.74, 6) is 0.655. The molecule has 0 aliphatic carbocycles. The molecule has 3 aromatic rings. The van der Waals surface area contributed by atoms with Crippen molar-refractivity contribution in [2.45, 2.75) is 6.61 Å². The lowest BCUT2D eigenvalue weighted by molar-refractivity contribution is 0.0478. The number of hydrogen-bond acceptors (Lipinski definition) is 5. The van der Waals surface area contributed by atoms with E-state index in [1.807, 2.05) is 24.3 Å². The average Bonchev–Trinajstić information content (AvgIpc) is 3.16. The van der Waals surface area contributed by atoms with Gasteiger partial charge in [0.15, 0.2) is 11.5 Å². The van der Waals surface area contributed by atoms with E-state index in [9.17, 15) is 9.18 Å². The van der Waals surface area contributed by atoms with Crippen LogP contribution < -0.4 is 9.47 Å². The lowest BCUT2D eigenvalue weighted by atomic mass is 10.1. The third kappa shape index (κ3) is 3.55. The summed E-state index contributed by atoms with van der Waals surface area (Å²) >= 11 is 1.34. The van der Waals surface area contributed by atoms with E-state index < -0.39 is 5.97 Å². The molecule has 1 aliphatic rings. The standard InChI is InChI=1S/C20H15FO4S/c21-15-3-1-2-13(10-15)12-25-20(22)19-7-6-18(26-19)14-4-5-16-17(11-14)24-9-8-23-16/h1-7,10-11H,8-9,12H2. The van der Waals surface area contributed by atoms with Crippen molar-refractivity contribution in [3.63, 3.8) is 0 Å². The highest BCUT2D eigenvalue weighted by Gasteiger charge is 2.15. The minimum atomic E-state index is -0.428. The highest BCUT2D eigenvalue weighted by molar-refractivity contribution is 7.17. The van der Waals surface area contributed by atoms with E-state index in [-0.39, 0.29) is 12.4 Å². The first-order valence-electron chi connectivity index (χ1n) is 8.10. The molecule has 0 N–H and O–H groups in total. The number of carbonyl (C=O) groups excluding carboxylic acids is 1. The molecule has 6 heteroatoms.